The van der Waals surface area contributed by atoms with Crippen molar-refractivity contribution in [3.8, 4) is 0 Å². The fraction of sp³-hybridized carbons (Fsp3) is 0.125. The van der Waals surface area contributed by atoms with Crippen LogP contribution >= 0.6 is 0 Å². The van der Waals surface area contributed by atoms with E-state index in [0.29, 0.717) is 11.9 Å². The maximum absolute atomic E-state index is 13.6. The summed E-state index contributed by atoms with van der Waals surface area (Å²) in [5.74, 6) is -0.188. The van der Waals surface area contributed by atoms with Crippen LogP contribution in [0.4, 0.5) is 4.39 Å². The molecule has 0 saturated carbocycles. The molecule has 3 heteroatoms. The first kappa shape index (κ1) is 11.9. The van der Waals surface area contributed by atoms with Crippen LogP contribution in [0.15, 0.2) is 54.7 Å². The first-order chi connectivity index (χ1) is 9.28. The smallest absolute Gasteiger partial charge is 0.132 e. The van der Waals surface area contributed by atoms with E-state index in [1.54, 1.807) is 12.1 Å². The van der Waals surface area contributed by atoms with Gasteiger partial charge in [-0.15, -0.1) is 0 Å². The van der Waals surface area contributed by atoms with Gasteiger partial charge in [0.1, 0.15) is 5.82 Å². The molecule has 0 aliphatic carbocycles. The summed E-state index contributed by atoms with van der Waals surface area (Å²) in [6, 6.07) is 14.7. The predicted octanol–water partition coefficient (Wildman–Crippen LogP) is 3.32. The highest BCUT2D eigenvalue weighted by Gasteiger charge is 2.05. The van der Waals surface area contributed by atoms with Crippen LogP contribution in [0.1, 0.15) is 11.1 Å². The lowest BCUT2D eigenvalue weighted by atomic mass is 10.1. The van der Waals surface area contributed by atoms with Gasteiger partial charge < -0.3 is 9.67 Å². The molecule has 0 fully saturated rings. The molecule has 2 nitrogen and oxygen atoms in total. The third-order valence-electron chi connectivity index (χ3n) is 3.32. The molecule has 0 saturated heterocycles. The van der Waals surface area contributed by atoms with Crippen molar-refractivity contribution >= 4 is 10.9 Å². The average molecular weight is 255 g/mol. The first-order valence-corrected chi connectivity index (χ1v) is 6.20. The molecule has 0 atom stereocenters. The highest BCUT2D eigenvalue weighted by Crippen LogP contribution is 2.20. The number of hydrogen-bond donors (Lipinski definition) is 1. The van der Waals surface area contributed by atoms with Gasteiger partial charge in [-0.3, -0.25) is 0 Å². The Morgan fingerprint density at radius 1 is 0.947 bits per heavy atom. The monoisotopic (exact) mass is 255 g/mol. The van der Waals surface area contributed by atoms with Gasteiger partial charge in [-0.05, 0) is 29.3 Å². The van der Waals surface area contributed by atoms with Crippen molar-refractivity contribution in [3.63, 3.8) is 0 Å². The molecular weight excluding hydrogens is 241 g/mol. The molecule has 3 rings (SSSR count). The summed E-state index contributed by atoms with van der Waals surface area (Å²) in [5, 5.41) is 9.66. The SMILES string of the molecule is OCc1ccc(Cn2ccc3c(F)cccc32)cc1. The zero-order chi connectivity index (χ0) is 13.2. The molecule has 0 bridgehead atoms. The summed E-state index contributed by atoms with van der Waals surface area (Å²) in [4.78, 5) is 0. The maximum Gasteiger partial charge on any atom is 0.132 e. The van der Waals surface area contributed by atoms with E-state index in [-0.39, 0.29) is 12.4 Å². The van der Waals surface area contributed by atoms with Gasteiger partial charge in [0.15, 0.2) is 0 Å². The van der Waals surface area contributed by atoms with Crippen LogP contribution in [0.3, 0.4) is 0 Å². The van der Waals surface area contributed by atoms with E-state index in [9.17, 15) is 4.39 Å². The van der Waals surface area contributed by atoms with Crippen molar-refractivity contribution in [2.24, 2.45) is 0 Å². The quantitative estimate of drug-likeness (QED) is 0.763. The molecule has 2 aromatic carbocycles. The predicted molar refractivity (Wildman–Crippen MR) is 73.4 cm³/mol. The average Bonchev–Trinajstić information content (AvgIpc) is 2.84. The summed E-state index contributed by atoms with van der Waals surface area (Å²) in [7, 11) is 0. The summed E-state index contributed by atoms with van der Waals surface area (Å²) in [5.41, 5.74) is 2.91. The Balaban J connectivity index is 1.94. The number of benzene rings is 2. The van der Waals surface area contributed by atoms with Crippen LogP contribution in [0.5, 0.6) is 0 Å². The molecule has 96 valence electrons. The van der Waals surface area contributed by atoms with Crippen molar-refractivity contribution in [1.82, 2.24) is 4.57 Å². The zero-order valence-corrected chi connectivity index (χ0v) is 10.4. The van der Waals surface area contributed by atoms with E-state index >= 15 is 0 Å². The van der Waals surface area contributed by atoms with E-state index in [2.05, 4.69) is 0 Å². The molecule has 0 unspecified atom stereocenters. The number of hydrogen-bond acceptors (Lipinski definition) is 1. The topological polar surface area (TPSA) is 25.2 Å². The van der Waals surface area contributed by atoms with Gasteiger partial charge in [0.2, 0.25) is 0 Å². The number of rotatable bonds is 3. The molecule has 0 spiro atoms. The van der Waals surface area contributed by atoms with Crippen LogP contribution in [-0.4, -0.2) is 9.67 Å². The fourth-order valence-corrected chi connectivity index (χ4v) is 2.27. The molecule has 19 heavy (non-hydrogen) atoms. The second kappa shape index (κ2) is 4.86. The van der Waals surface area contributed by atoms with E-state index in [0.717, 1.165) is 16.6 Å². The Labute approximate surface area is 110 Å². The number of aliphatic hydroxyl groups is 1. The third kappa shape index (κ3) is 2.25. The normalized spacial score (nSPS) is 11.1. The molecular formula is C16H14FNO. The standard InChI is InChI=1S/C16H14FNO/c17-15-2-1-3-16-14(15)8-9-18(16)10-12-4-6-13(11-19)7-5-12/h1-9,19H,10-11H2. The Morgan fingerprint density at radius 3 is 2.42 bits per heavy atom. The second-order valence-electron chi connectivity index (χ2n) is 4.59. The van der Waals surface area contributed by atoms with E-state index in [1.807, 2.05) is 41.1 Å². The first-order valence-electron chi connectivity index (χ1n) is 6.20. The number of fused-ring (bicyclic) bond motifs is 1. The van der Waals surface area contributed by atoms with Crippen LogP contribution < -0.4 is 0 Å². The molecule has 1 heterocycles. The van der Waals surface area contributed by atoms with Crippen molar-refractivity contribution in [2.75, 3.05) is 0 Å². The fourth-order valence-electron chi connectivity index (χ4n) is 2.27. The molecule has 1 N–H and O–H groups in total. The summed E-state index contributed by atoms with van der Waals surface area (Å²) in [6.45, 7) is 0.747. The number of nitrogens with zero attached hydrogens (tertiary/aromatic N) is 1. The van der Waals surface area contributed by atoms with E-state index in [4.69, 9.17) is 5.11 Å². The van der Waals surface area contributed by atoms with E-state index < -0.39 is 0 Å². The van der Waals surface area contributed by atoms with Crippen LogP contribution in [0.25, 0.3) is 10.9 Å². The highest BCUT2D eigenvalue weighted by molar-refractivity contribution is 5.80. The van der Waals surface area contributed by atoms with Crippen LogP contribution in [0.2, 0.25) is 0 Å². The minimum Gasteiger partial charge on any atom is -0.392 e. The Morgan fingerprint density at radius 2 is 1.68 bits per heavy atom. The van der Waals surface area contributed by atoms with Gasteiger partial charge in [-0.25, -0.2) is 4.39 Å². The van der Waals surface area contributed by atoms with Crippen LogP contribution in [0, 0.1) is 5.82 Å². The van der Waals surface area contributed by atoms with Gasteiger partial charge in [0, 0.05) is 18.1 Å². The number of aromatic nitrogens is 1. The highest BCUT2D eigenvalue weighted by atomic mass is 19.1. The van der Waals surface area contributed by atoms with E-state index in [1.165, 1.54) is 6.07 Å². The number of halogens is 1. The lowest BCUT2D eigenvalue weighted by Gasteiger charge is -2.06. The van der Waals surface area contributed by atoms with Crippen molar-refractivity contribution < 1.29 is 9.50 Å². The van der Waals surface area contributed by atoms with Gasteiger partial charge in [-0.1, -0.05) is 30.3 Å². The van der Waals surface area contributed by atoms with Gasteiger partial charge in [-0.2, -0.15) is 0 Å². The lowest BCUT2D eigenvalue weighted by molar-refractivity contribution is 0.282. The molecule has 0 aliphatic rings. The maximum atomic E-state index is 13.6. The van der Waals surface area contributed by atoms with Crippen molar-refractivity contribution in [3.05, 3.63) is 71.7 Å². The molecule has 0 amide bonds. The van der Waals surface area contributed by atoms with Crippen molar-refractivity contribution in [2.45, 2.75) is 13.2 Å². The lowest BCUT2D eigenvalue weighted by Crippen LogP contribution is -1.98. The summed E-state index contributed by atoms with van der Waals surface area (Å²) < 4.78 is 15.6. The largest absolute Gasteiger partial charge is 0.392 e. The second-order valence-corrected chi connectivity index (χ2v) is 4.59. The van der Waals surface area contributed by atoms with Crippen molar-refractivity contribution in [1.29, 1.82) is 0 Å². The molecule has 3 aromatic rings. The minimum absolute atomic E-state index is 0.0535. The van der Waals surface area contributed by atoms with Crippen LogP contribution in [-0.2, 0) is 13.2 Å². The molecule has 1 aromatic heterocycles. The summed E-state index contributed by atoms with van der Waals surface area (Å²) in [6.07, 6.45) is 1.90. The molecule has 0 aliphatic heterocycles. The minimum atomic E-state index is -0.188. The molecule has 0 radical (unpaired) electrons. The Bertz CT molecular complexity index is 700. The van der Waals surface area contributed by atoms with Gasteiger partial charge in [0.25, 0.3) is 0 Å². The van der Waals surface area contributed by atoms with Gasteiger partial charge >= 0.3 is 0 Å². The number of aliphatic hydroxyl groups excluding tert-OH is 1. The Kier molecular flexibility index (Phi) is 3.05. The third-order valence-corrected chi connectivity index (χ3v) is 3.32. The van der Waals surface area contributed by atoms with Gasteiger partial charge in [0.05, 0.1) is 12.1 Å². The summed E-state index contributed by atoms with van der Waals surface area (Å²) >= 11 is 0. The Hall–Kier alpha value is -2.13. The zero-order valence-electron chi connectivity index (χ0n) is 10.4.